The van der Waals surface area contributed by atoms with Crippen LogP contribution in [0.1, 0.15) is 30.5 Å². The Morgan fingerprint density at radius 2 is 1.87 bits per heavy atom. The molecule has 2 aromatic carbocycles. The molecule has 10 heteroatoms. The molecule has 0 aromatic heterocycles. The highest BCUT2D eigenvalue weighted by molar-refractivity contribution is 8.16. The van der Waals surface area contributed by atoms with Gasteiger partial charge in [0.2, 0.25) is 5.91 Å². The lowest BCUT2D eigenvalue weighted by atomic mass is 9.92. The molecule has 0 unspecified atom stereocenters. The molecule has 0 bridgehead atoms. The summed E-state index contributed by atoms with van der Waals surface area (Å²) in [7, 11) is 7.08. The number of rotatable bonds is 11. The molecule has 2 aliphatic rings. The van der Waals surface area contributed by atoms with E-state index < -0.39 is 12.0 Å². The van der Waals surface area contributed by atoms with Crippen LogP contribution in [0.4, 0.5) is 0 Å². The summed E-state index contributed by atoms with van der Waals surface area (Å²) in [5, 5.41) is 5.56. The molecule has 2 aromatic rings. The molecule has 4 rings (SSSR count). The number of methoxy groups -OCH3 is 2. The van der Waals surface area contributed by atoms with Crippen molar-refractivity contribution in [2.24, 2.45) is 4.99 Å². The topological polar surface area (TPSA) is 92.7 Å². The summed E-state index contributed by atoms with van der Waals surface area (Å²) in [6.07, 6.45) is 0.133. The van der Waals surface area contributed by atoms with Crippen LogP contribution in [-0.2, 0) is 20.9 Å². The molecule has 1 N–H and O–H groups in total. The fourth-order valence-corrected chi connectivity index (χ4v) is 5.39. The summed E-state index contributed by atoms with van der Waals surface area (Å²) in [4.78, 5) is 35.2. The molecule has 0 aliphatic carbocycles. The van der Waals surface area contributed by atoms with E-state index in [4.69, 9.17) is 19.2 Å². The van der Waals surface area contributed by atoms with E-state index in [-0.39, 0.29) is 18.9 Å². The van der Waals surface area contributed by atoms with Crippen LogP contribution in [0, 0.1) is 0 Å². The number of hydrogen-bond donors (Lipinski definition) is 1. The fraction of sp³-hybridized carbons (Fsp3) is 0.345. The highest BCUT2D eigenvalue weighted by Crippen LogP contribution is 2.47. The van der Waals surface area contributed by atoms with E-state index >= 15 is 0 Å². The molecule has 1 amide bonds. The van der Waals surface area contributed by atoms with Gasteiger partial charge in [-0.15, -0.1) is 0 Å². The molecule has 9 nitrogen and oxygen atoms in total. The van der Waals surface area contributed by atoms with E-state index in [0.29, 0.717) is 40.0 Å². The highest BCUT2D eigenvalue weighted by Gasteiger charge is 2.42. The standard InChI is InChI=1S/C29H34N4O5S/c1-19-26(28(35)38-17-20-9-7-6-8-10-20)27(23-16-22(36-4)11-12-24(23)37-5)33-21(18-39-29(33)31-19)15-25(34)30-13-14-32(2)3/h6-12,16,18,27H,13-15,17H2,1-5H3,(H,30,34)/t27-/m0/s1. The number of carbonyl (C=O) groups excluding carboxylic acids is 2. The van der Waals surface area contributed by atoms with Crippen LogP contribution in [-0.4, -0.2) is 68.2 Å². The van der Waals surface area contributed by atoms with E-state index in [1.54, 1.807) is 27.2 Å². The number of esters is 1. The average molecular weight is 551 g/mol. The Morgan fingerprint density at radius 1 is 1.10 bits per heavy atom. The summed E-state index contributed by atoms with van der Waals surface area (Å²) in [6.45, 7) is 3.20. The summed E-state index contributed by atoms with van der Waals surface area (Å²) >= 11 is 1.42. The number of nitrogens with zero attached hydrogens (tertiary/aromatic N) is 3. The normalized spacial score (nSPS) is 16.5. The molecule has 0 fully saturated rings. The van der Waals surface area contributed by atoms with Gasteiger partial charge >= 0.3 is 5.97 Å². The van der Waals surface area contributed by atoms with Crippen molar-refractivity contribution < 1.29 is 23.8 Å². The second kappa shape index (κ2) is 12.9. The quantitative estimate of drug-likeness (QED) is 0.419. The first kappa shape index (κ1) is 28.3. The third kappa shape index (κ3) is 6.63. The Kier molecular flexibility index (Phi) is 9.32. The number of carbonyl (C=O) groups is 2. The first-order chi connectivity index (χ1) is 18.8. The molecule has 206 valence electrons. The monoisotopic (exact) mass is 550 g/mol. The van der Waals surface area contributed by atoms with Crippen molar-refractivity contribution in [1.29, 1.82) is 0 Å². The number of hydrogen-bond acceptors (Lipinski definition) is 9. The average Bonchev–Trinajstić information content (AvgIpc) is 3.32. The molecular weight excluding hydrogens is 516 g/mol. The summed E-state index contributed by atoms with van der Waals surface area (Å²) in [5.74, 6) is 0.597. The zero-order valence-electron chi connectivity index (χ0n) is 22.9. The van der Waals surface area contributed by atoms with Gasteiger partial charge in [0.05, 0.1) is 38.0 Å². The zero-order chi connectivity index (χ0) is 27.9. The molecule has 0 radical (unpaired) electrons. The molecule has 2 heterocycles. The lowest BCUT2D eigenvalue weighted by Crippen LogP contribution is -2.38. The minimum atomic E-state index is -0.637. The number of aliphatic imine (C=N–C) groups is 1. The predicted molar refractivity (Wildman–Crippen MR) is 152 cm³/mol. The van der Waals surface area contributed by atoms with Crippen molar-refractivity contribution in [3.05, 3.63) is 82.0 Å². The van der Waals surface area contributed by atoms with Crippen LogP contribution in [0.25, 0.3) is 0 Å². The molecule has 1 atom stereocenters. The van der Waals surface area contributed by atoms with Crippen LogP contribution >= 0.6 is 11.8 Å². The number of amides is 1. The van der Waals surface area contributed by atoms with Gasteiger partial charge in [-0.05, 0) is 50.2 Å². The molecule has 2 aliphatic heterocycles. The Morgan fingerprint density at radius 3 is 2.56 bits per heavy atom. The molecule has 0 spiro atoms. The van der Waals surface area contributed by atoms with E-state index in [9.17, 15) is 9.59 Å². The summed E-state index contributed by atoms with van der Waals surface area (Å²) < 4.78 is 17.0. The van der Waals surface area contributed by atoms with Gasteiger partial charge < -0.3 is 29.3 Å². The molecular formula is C29H34N4O5S. The van der Waals surface area contributed by atoms with Crippen LogP contribution in [0.5, 0.6) is 11.5 Å². The number of ether oxygens (including phenoxy) is 3. The van der Waals surface area contributed by atoms with Gasteiger partial charge in [-0.2, -0.15) is 0 Å². The Balaban J connectivity index is 1.70. The largest absolute Gasteiger partial charge is 0.497 e. The molecule has 0 saturated carbocycles. The minimum Gasteiger partial charge on any atom is -0.497 e. The molecule has 39 heavy (non-hydrogen) atoms. The first-order valence-electron chi connectivity index (χ1n) is 12.6. The van der Waals surface area contributed by atoms with Crippen LogP contribution in [0.15, 0.2) is 75.9 Å². The second-order valence-corrected chi connectivity index (χ2v) is 10.2. The van der Waals surface area contributed by atoms with Crippen molar-refractivity contribution in [3.8, 4) is 11.5 Å². The third-order valence-corrected chi connectivity index (χ3v) is 7.28. The van der Waals surface area contributed by atoms with Crippen molar-refractivity contribution in [2.75, 3.05) is 41.4 Å². The maximum Gasteiger partial charge on any atom is 0.338 e. The third-order valence-electron chi connectivity index (χ3n) is 6.39. The maximum absolute atomic E-state index is 13.7. The Labute approximate surface area is 233 Å². The van der Waals surface area contributed by atoms with Crippen molar-refractivity contribution in [2.45, 2.75) is 26.0 Å². The first-order valence-corrected chi connectivity index (χ1v) is 13.5. The van der Waals surface area contributed by atoms with Crippen molar-refractivity contribution in [1.82, 2.24) is 15.1 Å². The van der Waals surface area contributed by atoms with Crippen molar-refractivity contribution in [3.63, 3.8) is 0 Å². The SMILES string of the molecule is COc1ccc(OC)c([C@H]2C(C(=O)OCc3ccccc3)=C(C)N=C3SC=C(CC(=O)NCCN(C)C)N32)c1. The Bertz CT molecular complexity index is 1310. The molecule has 0 saturated heterocycles. The minimum absolute atomic E-state index is 0.110. The van der Waals surface area contributed by atoms with E-state index in [1.807, 2.05) is 71.8 Å². The van der Waals surface area contributed by atoms with E-state index in [0.717, 1.165) is 17.8 Å². The highest BCUT2D eigenvalue weighted by atomic mass is 32.2. The number of fused-ring (bicyclic) bond motifs is 1. The van der Waals surface area contributed by atoms with Crippen LogP contribution in [0.3, 0.4) is 0 Å². The van der Waals surface area contributed by atoms with Gasteiger partial charge in [-0.25, -0.2) is 9.79 Å². The van der Waals surface area contributed by atoms with Crippen molar-refractivity contribution >= 4 is 28.8 Å². The number of likely N-dealkylation sites (N-methyl/N-ethyl adjacent to an activating group) is 1. The predicted octanol–water partition coefficient (Wildman–Crippen LogP) is 4.09. The number of thioether (sulfide) groups is 1. The zero-order valence-corrected chi connectivity index (χ0v) is 23.7. The van der Waals surface area contributed by atoms with Crippen LogP contribution in [0.2, 0.25) is 0 Å². The summed E-state index contributed by atoms with van der Waals surface area (Å²) in [6, 6.07) is 14.3. The fourth-order valence-electron chi connectivity index (χ4n) is 4.42. The van der Waals surface area contributed by atoms with Gasteiger partial charge in [-0.3, -0.25) is 4.79 Å². The van der Waals surface area contributed by atoms with Gasteiger partial charge in [0.15, 0.2) is 5.17 Å². The maximum atomic E-state index is 13.7. The second-order valence-electron chi connectivity index (χ2n) is 9.39. The van der Waals surface area contributed by atoms with Crippen LogP contribution < -0.4 is 14.8 Å². The lowest BCUT2D eigenvalue weighted by Gasteiger charge is -2.37. The van der Waals surface area contributed by atoms with Gasteiger partial charge in [0.25, 0.3) is 0 Å². The number of benzene rings is 2. The number of allylic oxidation sites excluding steroid dienone is 1. The van der Waals surface area contributed by atoms with Gasteiger partial charge in [0, 0.05) is 24.4 Å². The Hall–Kier alpha value is -3.76. The smallest absolute Gasteiger partial charge is 0.338 e. The van der Waals surface area contributed by atoms with E-state index in [2.05, 4.69) is 5.32 Å². The number of nitrogens with one attached hydrogen (secondary N) is 1. The van der Waals surface area contributed by atoms with Gasteiger partial charge in [0.1, 0.15) is 18.1 Å². The lowest BCUT2D eigenvalue weighted by molar-refractivity contribution is -0.141. The van der Waals surface area contributed by atoms with E-state index in [1.165, 1.54) is 11.8 Å². The summed E-state index contributed by atoms with van der Waals surface area (Å²) in [5.41, 5.74) is 3.24. The van der Waals surface area contributed by atoms with Gasteiger partial charge in [-0.1, -0.05) is 42.1 Å². The number of amidine groups is 1.